The topological polar surface area (TPSA) is 57.7 Å². The van der Waals surface area contributed by atoms with E-state index in [1.165, 1.54) is 28.6 Å². The maximum absolute atomic E-state index is 13.0. The van der Waals surface area contributed by atoms with Crippen LogP contribution in [0.15, 0.2) is 54.6 Å². The van der Waals surface area contributed by atoms with Gasteiger partial charge in [-0.25, -0.2) is 12.8 Å². The molecule has 0 bridgehead atoms. The van der Waals surface area contributed by atoms with Crippen molar-refractivity contribution in [2.75, 3.05) is 29.1 Å². The first-order valence-electron chi connectivity index (χ1n) is 7.84. The quantitative estimate of drug-likeness (QED) is 0.759. The lowest BCUT2D eigenvalue weighted by Gasteiger charge is -2.23. The van der Waals surface area contributed by atoms with Crippen molar-refractivity contribution in [2.45, 2.75) is 12.8 Å². The SMILES string of the molecule is CN(C(=O)CCCN(c1ccc(F)cc1)S(C)(=O)=O)c1ccccc1. The molecular formula is C18H21FN2O3S. The van der Waals surface area contributed by atoms with Crippen LogP contribution in [0.2, 0.25) is 0 Å². The highest BCUT2D eigenvalue weighted by Gasteiger charge is 2.18. The van der Waals surface area contributed by atoms with Crippen LogP contribution in [0.3, 0.4) is 0 Å². The average molecular weight is 364 g/mol. The molecule has 7 heteroatoms. The molecule has 0 radical (unpaired) electrons. The van der Waals surface area contributed by atoms with Crippen LogP contribution in [0, 0.1) is 5.82 Å². The van der Waals surface area contributed by atoms with Gasteiger partial charge in [-0.1, -0.05) is 18.2 Å². The number of hydrogen-bond acceptors (Lipinski definition) is 3. The number of nitrogens with zero attached hydrogens (tertiary/aromatic N) is 2. The maximum Gasteiger partial charge on any atom is 0.232 e. The molecule has 0 fully saturated rings. The highest BCUT2D eigenvalue weighted by atomic mass is 32.2. The number of halogens is 1. The number of anilines is 2. The van der Waals surface area contributed by atoms with Crippen molar-refractivity contribution in [1.82, 2.24) is 0 Å². The van der Waals surface area contributed by atoms with E-state index in [9.17, 15) is 17.6 Å². The number of hydrogen-bond donors (Lipinski definition) is 0. The van der Waals surface area contributed by atoms with Crippen LogP contribution >= 0.6 is 0 Å². The van der Waals surface area contributed by atoms with Gasteiger partial charge in [-0.2, -0.15) is 0 Å². The molecule has 0 saturated heterocycles. The Morgan fingerprint density at radius 3 is 2.16 bits per heavy atom. The molecule has 2 rings (SSSR count). The average Bonchev–Trinajstić information content (AvgIpc) is 2.58. The Hall–Kier alpha value is -2.41. The highest BCUT2D eigenvalue weighted by molar-refractivity contribution is 7.92. The van der Waals surface area contributed by atoms with E-state index in [-0.39, 0.29) is 18.9 Å². The van der Waals surface area contributed by atoms with Crippen molar-refractivity contribution in [3.63, 3.8) is 0 Å². The Morgan fingerprint density at radius 2 is 1.60 bits per heavy atom. The minimum atomic E-state index is -3.52. The van der Waals surface area contributed by atoms with Crippen molar-refractivity contribution in [2.24, 2.45) is 0 Å². The Morgan fingerprint density at radius 1 is 1.00 bits per heavy atom. The van der Waals surface area contributed by atoms with Crippen molar-refractivity contribution < 1.29 is 17.6 Å². The molecule has 0 atom stereocenters. The Labute approximate surface area is 147 Å². The van der Waals surface area contributed by atoms with Crippen LogP contribution in [0.4, 0.5) is 15.8 Å². The molecular weight excluding hydrogens is 343 g/mol. The molecule has 0 saturated carbocycles. The summed E-state index contributed by atoms with van der Waals surface area (Å²) in [5, 5.41) is 0. The lowest BCUT2D eigenvalue weighted by molar-refractivity contribution is -0.118. The predicted octanol–water partition coefficient (Wildman–Crippen LogP) is 3.03. The molecule has 0 aromatic heterocycles. The minimum Gasteiger partial charge on any atom is -0.316 e. The van der Waals surface area contributed by atoms with Crippen molar-refractivity contribution in [3.8, 4) is 0 Å². The number of carbonyl (C=O) groups excluding carboxylic acids is 1. The first-order valence-corrected chi connectivity index (χ1v) is 9.69. The summed E-state index contributed by atoms with van der Waals surface area (Å²) in [7, 11) is -1.83. The molecule has 0 heterocycles. The van der Waals surface area contributed by atoms with Gasteiger partial charge in [0.15, 0.2) is 0 Å². The summed E-state index contributed by atoms with van der Waals surface area (Å²) in [4.78, 5) is 13.8. The molecule has 0 aliphatic carbocycles. The first kappa shape index (κ1) is 18.9. The number of sulfonamides is 1. The van der Waals surface area contributed by atoms with Gasteiger partial charge in [0.2, 0.25) is 15.9 Å². The number of para-hydroxylation sites is 1. The monoisotopic (exact) mass is 364 g/mol. The molecule has 0 aliphatic rings. The maximum atomic E-state index is 13.0. The molecule has 2 aromatic rings. The smallest absolute Gasteiger partial charge is 0.232 e. The molecule has 0 spiro atoms. The molecule has 1 amide bonds. The second kappa shape index (κ2) is 8.11. The van der Waals surface area contributed by atoms with Crippen molar-refractivity contribution in [1.29, 1.82) is 0 Å². The Kier molecular flexibility index (Phi) is 6.14. The first-order chi connectivity index (χ1) is 11.8. The van der Waals surface area contributed by atoms with E-state index in [0.717, 1.165) is 11.9 Å². The normalized spacial score (nSPS) is 11.2. The summed E-state index contributed by atoms with van der Waals surface area (Å²) in [5.41, 5.74) is 1.17. The Bertz CT molecular complexity index is 808. The molecule has 25 heavy (non-hydrogen) atoms. The van der Waals surface area contributed by atoms with Crippen LogP contribution in [-0.4, -0.2) is 34.2 Å². The molecule has 0 unspecified atom stereocenters. The van der Waals surface area contributed by atoms with Gasteiger partial charge in [-0.15, -0.1) is 0 Å². The van der Waals surface area contributed by atoms with Gasteiger partial charge in [0.25, 0.3) is 0 Å². The zero-order valence-electron chi connectivity index (χ0n) is 14.2. The summed E-state index contributed by atoms with van der Waals surface area (Å²) in [6.07, 6.45) is 1.66. The fourth-order valence-corrected chi connectivity index (χ4v) is 3.40. The minimum absolute atomic E-state index is 0.0984. The second-order valence-electron chi connectivity index (χ2n) is 5.70. The van der Waals surface area contributed by atoms with E-state index in [0.29, 0.717) is 12.1 Å². The Balaban J connectivity index is 1.99. The van der Waals surface area contributed by atoms with E-state index in [1.807, 2.05) is 30.3 Å². The van der Waals surface area contributed by atoms with Crippen LogP contribution in [-0.2, 0) is 14.8 Å². The third-order valence-corrected chi connectivity index (χ3v) is 4.98. The van der Waals surface area contributed by atoms with Crippen molar-refractivity contribution in [3.05, 3.63) is 60.4 Å². The zero-order valence-corrected chi connectivity index (χ0v) is 15.0. The summed E-state index contributed by atoms with van der Waals surface area (Å²) in [6.45, 7) is 0.152. The highest BCUT2D eigenvalue weighted by Crippen LogP contribution is 2.19. The molecule has 0 N–H and O–H groups in total. The van der Waals surface area contributed by atoms with E-state index in [2.05, 4.69) is 0 Å². The molecule has 2 aromatic carbocycles. The van der Waals surface area contributed by atoms with Gasteiger partial charge < -0.3 is 4.90 Å². The van der Waals surface area contributed by atoms with Gasteiger partial charge in [0.05, 0.1) is 11.9 Å². The zero-order chi connectivity index (χ0) is 18.4. The van der Waals surface area contributed by atoms with E-state index < -0.39 is 15.8 Å². The largest absolute Gasteiger partial charge is 0.316 e. The second-order valence-corrected chi connectivity index (χ2v) is 7.61. The summed E-state index contributed by atoms with van der Waals surface area (Å²) < 4.78 is 38.2. The van der Waals surface area contributed by atoms with E-state index >= 15 is 0 Å². The predicted molar refractivity (Wildman–Crippen MR) is 97.7 cm³/mol. The third kappa shape index (κ3) is 5.29. The lowest BCUT2D eigenvalue weighted by Crippen LogP contribution is -2.32. The van der Waals surface area contributed by atoms with Crippen LogP contribution in [0.25, 0.3) is 0 Å². The van der Waals surface area contributed by atoms with Crippen molar-refractivity contribution >= 4 is 27.3 Å². The van der Waals surface area contributed by atoms with Gasteiger partial charge >= 0.3 is 0 Å². The molecule has 0 aliphatic heterocycles. The number of benzene rings is 2. The fraction of sp³-hybridized carbons (Fsp3) is 0.278. The van der Waals surface area contributed by atoms with Gasteiger partial charge in [0.1, 0.15) is 5.82 Å². The lowest BCUT2D eigenvalue weighted by atomic mass is 10.2. The number of carbonyl (C=O) groups is 1. The van der Waals surface area contributed by atoms with Crippen LogP contribution in [0.1, 0.15) is 12.8 Å². The van der Waals surface area contributed by atoms with E-state index in [4.69, 9.17) is 0 Å². The summed E-state index contributed by atoms with van der Waals surface area (Å²) in [6, 6.07) is 14.5. The molecule has 134 valence electrons. The van der Waals surface area contributed by atoms with Gasteiger partial charge in [-0.05, 0) is 42.8 Å². The third-order valence-electron chi connectivity index (χ3n) is 3.78. The summed E-state index contributed by atoms with van der Waals surface area (Å²) in [5.74, 6) is -0.532. The van der Waals surface area contributed by atoms with Gasteiger partial charge in [0, 0.05) is 25.7 Å². The standard InChI is InChI=1S/C18H21FN2O3S/c1-20(16-7-4-3-5-8-16)18(22)9-6-14-21(25(2,23)24)17-12-10-15(19)11-13-17/h3-5,7-8,10-13H,6,9,14H2,1-2H3. The number of rotatable bonds is 7. The number of amides is 1. The van der Waals surface area contributed by atoms with E-state index in [1.54, 1.807) is 11.9 Å². The van der Waals surface area contributed by atoms with Crippen LogP contribution in [0.5, 0.6) is 0 Å². The summed E-state index contributed by atoms with van der Waals surface area (Å²) >= 11 is 0. The van der Waals surface area contributed by atoms with Gasteiger partial charge in [-0.3, -0.25) is 9.10 Å². The van der Waals surface area contributed by atoms with Crippen LogP contribution < -0.4 is 9.21 Å². The fourth-order valence-electron chi connectivity index (χ4n) is 2.43. The molecule has 5 nitrogen and oxygen atoms in total.